The number of aryl methyl sites for hydroxylation is 1. The van der Waals surface area contributed by atoms with Crippen molar-refractivity contribution in [3.05, 3.63) is 59.2 Å². The molecule has 0 heterocycles. The van der Waals surface area contributed by atoms with Crippen molar-refractivity contribution >= 4 is 23.6 Å². The van der Waals surface area contributed by atoms with Crippen molar-refractivity contribution in [1.29, 1.82) is 0 Å². The van der Waals surface area contributed by atoms with Gasteiger partial charge in [0.05, 0.1) is 39.5 Å². The Hall–Kier alpha value is -2.67. The van der Waals surface area contributed by atoms with Gasteiger partial charge >= 0.3 is 5.97 Å². The van der Waals surface area contributed by atoms with Crippen LogP contribution in [0.4, 0.5) is 0 Å². The lowest BCUT2D eigenvalue weighted by atomic mass is 10.0. The molecule has 2 aromatic rings. The third kappa shape index (κ3) is 7.02. The Bertz CT molecular complexity index is 822. The van der Waals surface area contributed by atoms with Gasteiger partial charge in [-0.25, -0.2) is 0 Å². The minimum atomic E-state index is -0.519. The molecule has 29 heavy (non-hydrogen) atoms. The van der Waals surface area contributed by atoms with Crippen LogP contribution in [-0.4, -0.2) is 39.0 Å². The van der Waals surface area contributed by atoms with E-state index in [9.17, 15) is 9.59 Å². The number of nitrogens with one attached hydrogen (secondary N) is 1. The van der Waals surface area contributed by atoms with E-state index in [0.29, 0.717) is 17.3 Å². The zero-order chi connectivity index (χ0) is 21.2. The first-order chi connectivity index (χ1) is 14.0. The quantitative estimate of drug-likeness (QED) is 0.595. The largest absolute Gasteiger partial charge is 0.493 e. The number of ether oxygens (including phenoxy) is 3. The molecule has 1 atom stereocenters. The fourth-order valence-electron chi connectivity index (χ4n) is 2.75. The summed E-state index contributed by atoms with van der Waals surface area (Å²) in [6.07, 6.45) is 0.0281. The van der Waals surface area contributed by atoms with Gasteiger partial charge in [-0.15, -0.1) is 11.8 Å². The molecule has 6 nitrogen and oxygen atoms in total. The van der Waals surface area contributed by atoms with Crippen LogP contribution >= 0.6 is 11.8 Å². The third-order valence-electron chi connectivity index (χ3n) is 4.37. The number of benzene rings is 2. The summed E-state index contributed by atoms with van der Waals surface area (Å²) in [6, 6.07) is 13.0. The smallest absolute Gasteiger partial charge is 0.307 e. The van der Waals surface area contributed by atoms with Crippen molar-refractivity contribution in [1.82, 2.24) is 5.32 Å². The summed E-state index contributed by atoms with van der Waals surface area (Å²) in [7, 11) is 4.42. The second kappa shape index (κ2) is 11.4. The lowest BCUT2D eigenvalue weighted by Crippen LogP contribution is -2.31. The van der Waals surface area contributed by atoms with Crippen LogP contribution in [-0.2, 0) is 20.1 Å². The number of amides is 1. The second-order valence-corrected chi connectivity index (χ2v) is 7.48. The van der Waals surface area contributed by atoms with Crippen LogP contribution in [0.25, 0.3) is 0 Å². The topological polar surface area (TPSA) is 73.9 Å². The third-order valence-corrected chi connectivity index (χ3v) is 5.37. The van der Waals surface area contributed by atoms with Crippen LogP contribution < -0.4 is 14.8 Å². The number of carbonyl (C=O) groups is 2. The van der Waals surface area contributed by atoms with Gasteiger partial charge in [0.1, 0.15) is 0 Å². The minimum absolute atomic E-state index is 0.0281. The van der Waals surface area contributed by atoms with Crippen molar-refractivity contribution in [2.75, 3.05) is 27.1 Å². The molecule has 0 aromatic heterocycles. The van der Waals surface area contributed by atoms with Gasteiger partial charge in [0.15, 0.2) is 11.5 Å². The summed E-state index contributed by atoms with van der Waals surface area (Å²) in [4.78, 5) is 24.3. The summed E-state index contributed by atoms with van der Waals surface area (Å²) in [5, 5.41) is 2.93. The lowest BCUT2D eigenvalue weighted by Gasteiger charge is -2.19. The van der Waals surface area contributed by atoms with Crippen LogP contribution in [0.15, 0.2) is 42.5 Å². The SMILES string of the molecule is COC(=O)CC(NC(=O)CSCc1ccc(C)cc1)c1ccc(OC)c(OC)c1. The van der Waals surface area contributed by atoms with Gasteiger partial charge in [-0.1, -0.05) is 35.9 Å². The van der Waals surface area contributed by atoms with Crippen LogP contribution in [0.1, 0.15) is 29.2 Å². The van der Waals surface area contributed by atoms with Gasteiger partial charge in [-0.05, 0) is 30.2 Å². The van der Waals surface area contributed by atoms with E-state index >= 15 is 0 Å². The molecule has 1 N–H and O–H groups in total. The minimum Gasteiger partial charge on any atom is -0.493 e. The van der Waals surface area contributed by atoms with Crippen molar-refractivity contribution in [2.24, 2.45) is 0 Å². The molecule has 1 amide bonds. The van der Waals surface area contributed by atoms with Crippen LogP contribution in [0, 0.1) is 6.92 Å². The Morgan fingerprint density at radius 2 is 1.69 bits per heavy atom. The molecule has 156 valence electrons. The Morgan fingerprint density at radius 3 is 2.31 bits per heavy atom. The zero-order valence-electron chi connectivity index (χ0n) is 17.2. The first-order valence-electron chi connectivity index (χ1n) is 9.18. The van der Waals surface area contributed by atoms with E-state index < -0.39 is 12.0 Å². The summed E-state index contributed by atoms with van der Waals surface area (Å²) in [6.45, 7) is 2.04. The van der Waals surface area contributed by atoms with Crippen molar-refractivity contribution in [3.8, 4) is 11.5 Å². The monoisotopic (exact) mass is 417 g/mol. The first-order valence-corrected chi connectivity index (χ1v) is 10.3. The van der Waals surface area contributed by atoms with Gasteiger partial charge in [-0.2, -0.15) is 0 Å². The molecule has 0 bridgehead atoms. The van der Waals surface area contributed by atoms with Crippen molar-refractivity contribution in [2.45, 2.75) is 25.1 Å². The standard InChI is InChI=1S/C22H27NO5S/c1-15-5-7-16(8-6-15)13-29-14-21(24)23-18(12-22(25)28-4)17-9-10-19(26-2)20(11-17)27-3/h5-11,18H,12-14H2,1-4H3,(H,23,24). The van der Waals surface area contributed by atoms with Gasteiger partial charge in [0.2, 0.25) is 5.91 Å². The number of esters is 1. The Balaban J connectivity index is 2.02. The van der Waals surface area contributed by atoms with E-state index in [1.165, 1.54) is 37.1 Å². The summed E-state index contributed by atoms with van der Waals surface area (Å²) < 4.78 is 15.4. The molecule has 2 rings (SSSR count). The van der Waals surface area contributed by atoms with Gasteiger partial charge in [0, 0.05) is 5.75 Å². The van der Waals surface area contributed by atoms with Gasteiger partial charge in [0.25, 0.3) is 0 Å². The molecule has 0 saturated carbocycles. The molecule has 1 unspecified atom stereocenters. The maximum Gasteiger partial charge on any atom is 0.307 e. The molecule has 0 aliphatic heterocycles. The van der Waals surface area contributed by atoms with E-state index in [4.69, 9.17) is 14.2 Å². The van der Waals surface area contributed by atoms with Crippen molar-refractivity contribution in [3.63, 3.8) is 0 Å². The predicted molar refractivity (Wildman–Crippen MR) is 114 cm³/mol. The number of hydrogen-bond donors (Lipinski definition) is 1. The van der Waals surface area contributed by atoms with E-state index in [1.54, 1.807) is 25.3 Å². The molecule has 0 saturated heterocycles. The number of thioether (sulfide) groups is 1. The molecule has 0 fully saturated rings. The lowest BCUT2D eigenvalue weighted by molar-refractivity contribution is -0.141. The number of carbonyl (C=O) groups excluding carboxylic acids is 2. The maximum atomic E-state index is 12.5. The highest BCUT2D eigenvalue weighted by molar-refractivity contribution is 7.99. The van der Waals surface area contributed by atoms with Gasteiger partial charge in [-0.3, -0.25) is 9.59 Å². The molecule has 0 aliphatic carbocycles. The molecular formula is C22H27NO5S. The van der Waals surface area contributed by atoms with E-state index in [0.717, 1.165) is 11.3 Å². The highest BCUT2D eigenvalue weighted by Crippen LogP contribution is 2.31. The van der Waals surface area contributed by atoms with Crippen LogP contribution in [0.3, 0.4) is 0 Å². The Kier molecular flexibility index (Phi) is 8.86. The zero-order valence-corrected chi connectivity index (χ0v) is 18.0. The normalized spacial score (nSPS) is 11.4. The summed E-state index contributed by atoms with van der Waals surface area (Å²) in [5.74, 6) is 1.59. The summed E-state index contributed by atoms with van der Waals surface area (Å²) in [5.41, 5.74) is 3.11. The van der Waals surface area contributed by atoms with Crippen LogP contribution in [0.2, 0.25) is 0 Å². The highest BCUT2D eigenvalue weighted by atomic mass is 32.2. The summed E-state index contributed by atoms with van der Waals surface area (Å²) >= 11 is 1.52. The average molecular weight is 418 g/mol. The van der Waals surface area contributed by atoms with E-state index in [-0.39, 0.29) is 12.3 Å². The Labute approximate surface area is 175 Å². The van der Waals surface area contributed by atoms with E-state index in [2.05, 4.69) is 29.6 Å². The van der Waals surface area contributed by atoms with Gasteiger partial charge < -0.3 is 19.5 Å². The Morgan fingerprint density at radius 1 is 1.00 bits per heavy atom. The molecule has 0 spiro atoms. The first kappa shape index (κ1) is 22.6. The van der Waals surface area contributed by atoms with E-state index in [1.807, 2.05) is 6.92 Å². The molecule has 0 radical (unpaired) electrons. The fourth-order valence-corrected chi connectivity index (χ4v) is 3.55. The molecule has 0 aliphatic rings. The maximum absolute atomic E-state index is 12.5. The number of methoxy groups -OCH3 is 3. The number of rotatable bonds is 10. The van der Waals surface area contributed by atoms with Crippen LogP contribution in [0.5, 0.6) is 11.5 Å². The molecule has 2 aromatic carbocycles. The highest BCUT2D eigenvalue weighted by Gasteiger charge is 2.20. The van der Waals surface area contributed by atoms with Crippen molar-refractivity contribution < 1.29 is 23.8 Å². The average Bonchev–Trinajstić information content (AvgIpc) is 2.74. The fraction of sp³-hybridized carbons (Fsp3) is 0.364. The predicted octanol–water partition coefficient (Wildman–Crippen LogP) is 3.67. The molecule has 7 heteroatoms. The number of hydrogen-bond acceptors (Lipinski definition) is 6. The second-order valence-electron chi connectivity index (χ2n) is 6.49. The molecular weight excluding hydrogens is 390 g/mol.